The normalized spacial score (nSPS) is 15.0. The first-order valence-electron chi connectivity index (χ1n) is 7.35. The van der Waals surface area contributed by atoms with E-state index in [0.29, 0.717) is 11.3 Å². The minimum absolute atomic E-state index is 0.0867. The molecule has 0 saturated heterocycles. The third-order valence-electron chi connectivity index (χ3n) is 3.59. The quantitative estimate of drug-likeness (QED) is 0.761. The summed E-state index contributed by atoms with van der Waals surface area (Å²) in [5.41, 5.74) is 1.15. The van der Waals surface area contributed by atoms with E-state index in [2.05, 4.69) is 10.6 Å². The average Bonchev–Trinajstić information content (AvgIpc) is 2.81. The largest absolute Gasteiger partial charge is 0.395 e. The van der Waals surface area contributed by atoms with E-state index in [-0.39, 0.29) is 28.6 Å². The summed E-state index contributed by atoms with van der Waals surface area (Å²) in [4.78, 5) is 12.4. The highest BCUT2D eigenvalue weighted by Gasteiger charge is 2.39. The summed E-state index contributed by atoms with van der Waals surface area (Å²) in [6.07, 6.45) is 0. The van der Waals surface area contributed by atoms with Crippen LogP contribution in [0.2, 0.25) is 0 Å². The molecule has 3 N–H and O–H groups in total. The Bertz CT molecular complexity index is 905. The van der Waals surface area contributed by atoms with Crippen LogP contribution in [-0.4, -0.2) is 32.6 Å². The molecule has 0 unspecified atom stereocenters. The third kappa shape index (κ3) is 2.79. The lowest BCUT2D eigenvalue weighted by Gasteiger charge is -2.10. The molecule has 6 nitrogen and oxygen atoms in total. The standard InChI is InChI=1S/C17H16N2O4S/c20-11-10-18-15-13-8-4-5-9-14(13)24(22,23)16(15)17(21)19-12-6-2-1-3-7-12/h1-9,18,20H,10-11H2,(H,19,21). The highest BCUT2D eigenvalue weighted by Crippen LogP contribution is 2.38. The molecule has 2 aromatic carbocycles. The van der Waals surface area contributed by atoms with Crippen molar-refractivity contribution in [1.29, 1.82) is 0 Å². The van der Waals surface area contributed by atoms with Gasteiger partial charge in [0.25, 0.3) is 5.91 Å². The Labute approximate surface area is 139 Å². The number of anilines is 1. The maximum atomic E-state index is 12.8. The molecule has 0 bridgehead atoms. The van der Waals surface area contributed by atoms with E-state index in [1.165, 1.54) is 6.07 Å². The zero-order chi connectivity index (χ0) is 17.2. The molecule has 2 aromatic rings. The zero-order valence-electron chi connectivity index (χ0n) is 12.7. The molecule has 0 aromatic heterocycles. The van der Waals surface area contributed by atoms with Crippen LogP contribution in [0.4, 0.5) is 5.69 Å². The van der Waals surface area contributed by atoms with Crippen LogP contribution in [0.1, 0.15) is 5.56 Å². The van der Waals surface area contributed by atoms with Crippen molar-refractivity contribution in [2.75, 3.05) is 18.5 Å². The van der Waals surface area contributed by atoms with Crippen molar-refractivity contribution < 1.29 is 18.3 Å². The minimum atomic E-state index is -3.92. The monoisotopic (exact) mass is 344 g/mol. The maximum absolute atomic E-state index is 12.8. The van der Waals surface area contributed by atoms with Crippen molar-refractivity contribution in [3.8, 4) is 0 Å². The molecule has 1 amide bonds. The number of carbonyl (C=O) groups excluding carboxylic acids is 1. The van der Waals surface area contributed by atoms with Gasteiger partial charge in [-0.05, 0) is 18.2 Å². The number of aliphatic hydroxyl groups excluding tert-OH is 1. The number of carbonyl (C=O) groups is 1. The fourth-order valence-electron chi connectivity index (χ4n) is 2.58. The van der Waals surface area contributed by atoms with Crippen molar-refractivity contribution in [1.82, 2.24) is 5.32 Å². The maximum Gasteiger partial charge on any atom is 0.269 e. The second-order valence-electron chi connectivity index (χ2n) is 5.17. The van der Waals surface area contributed by atoms with Crippen molar-refractivity contribution >= 4 is 27.1 Å². The third-order valence-corrected chi connectivity index (χ3v) is 5.46. The topological polar surface area (TPSA) is 95.5 Å². The first-order chi connectivity index (χ1) is 11.6. The van der Waals surface area contributed by atoms with Crippen LogP contribution in [0.15, 0.2) is 64.4 Å². The molecule has 24 heavy (non-hydrogen) atoms. The second kappa shape index (κ2) is 6.46. The van der Waals surface area contributed by atoms with Crippen molar-refractivity contribution in [3.05, 3.63) is 65.1 Å². The summed E-state index contributed by atoms with van der Waals surface area (Å²) in [7, 11) is -3.92. The lowest BCUT2D eigenvalue weighted by Crippen LogP contribution is -2.24. The molecule has 1 heterocycles. The van der Waals surface area contributed by atoms with Gasteiger partial charge < -0.3 is 15.7 Å². The number of amides is 1. The van der Waals surface area contributed by atoms with E-state index < -0.39 is 15.7 Å². The number of nitrogens with one attached hydrogen (secondary N) is 2. The van der Waals surface area contributed by atoms with Gasteiger partial charge in [0, 0.05) is 17.8 Å². The summed E-state index contributed by atoms with van der Waals surface area (Å²) in [5.74, 6) is -0.710. The Hall–Kier alpha value is -2.64. The number of para-hydroxylation sites is 1. The molecule has 0 fully saturated rings. The lowest BCUT2D eigenvalue weighted by molar-refractivity contribution is -0.112. The number of hydrogen-bond acceptors (Lipinski definition) is 5. The molecule has 0 aliphatic carbocycles. The van der Waals surface area contributed by atoms with Gasteiger partial charge in [-0.3, -0.25) is 4.79 Å². The van der Waals surface area contributed by atoms with Gasteiger partial charge in [0.1, 0.15) is 0 Å². The Balaban J connectivity index is 2.06. The van der Waals surface area contributed by atoms with E-state index >= 15 is 0 Å². The Morgan fingerprint density at radius 3 is 2.38 bits per heavy atom. The van der Waals surface area contributed by atoms with E-state index in [9.17, 15) is 13.2 Å². The van der Waals surface area contributed by atoms with Crippen LogP contribution in [0.5, 0.6) is 0 Å². The average molecular weight is 344 g/mol. The first kappa shape index (κ1) is 16.2. The Morgan fingerprint density at radius 2 is 1.67 bits per heavy atom. The van der Waals surface area contributed by atoms with Crippen LogP contribution in [0.3, 0.4) is 0 Å². The van der Waals surface area contributed by atoms with Gasteiger partial charge in [-0.15, -0.1) is 0 Å². The highest BCUT2D eigenvalue weighted by atomic mass is 32.2. The number of aliphatic hydroxyl groups is 1. The van der Waals surface area contributed by atoms with Gasteiger partial charge in [0.2, 0.25) is 9.84 Å². The molecule has 0 atom stereocenters. The summed E-state index contributed by atoms with van der Waals surface area (Å²) in [6, 6.07) is 15.0. The van der Waals surface area contributed by atoms with Crippen LogP contribution < -0.4 is 10.6 Å². The first-order valence-corrected chi connectivity index (χ1v) is 8.84. The van der Waals surface area contributed by atoms with Gasteiger partial charge in [-0.1, -0.05) is 36.4 Å². The fraction of sp³-hybridized carbons (Fsp3) is 0.118. The zero-order valence-corrected chi connectivity index (χ0v) is 13.5. The van der Waals surface area contributed by atoms with E-state index in [1.807, 2.05) is 0 Å². The van der Waals surface area contributed by atoms with Crippen LogP contribution in [-0.2, 0) is 14.6 Å². The summed E-state index contributed by atoms with van der Waals surface area (Å²) < 4.78 is 25.5. The molecule has 0 radical (unpaired) electrons. The summed E-state index contributed by atoms with van der Waals surface area (Å²) in [6.45, 7) is -0.0411. The smallest absolute Gasteiger partial charge is 0.269 e. The van der Waals surface area contributed by atoms with Gasteiger partial charge >= 0.3 is 0 Å². The Morgan fingerprint density at radius 1 is 1.00 bits per heavy atom. The van der Waals surface area contributed by atoms with E-state index in [0.717, 1.165) is 0 Å². The molecule has 0 spiro atoms. The van der Waals surface area contributed by atoms with Gasteiger partial charge in [-0.2, -0.15) is 0 Å². The minimum Gasteiger partial charge on any atom is -0.395 e. The van der Waals surface area contributed by atoms with E-state index in [1.54, 1.807) is 48.5 Å². The lowest BCUT2D eigenvalue weighted by atomic mass is 10.1. The molecular weight excluding hydrogens is 328 g/mol. The van der Waals surface area contributed by atoms with Crippen LogP contribution in [0.25, 0.3) is 5.70 Å². The Kier molecular flexibility index (Phi) is 4.37. The fourth-order valence-corrected chi connectivity index (χ4v) is 4.26. The highest BCUT2D eigenvalue weighted by molar-refractivity contribution is 7.97. The number of fused-ring (bicyclic) bond motifs is 1. The predicted molar refractivity (Wildman–Crippen MR) is 90.7 cm³/mol. The van der Waals surface area contributed by atoms with Crippen LogP contribution >= 0.6 is 0 Å². The van der Waals surface area contributed by atoms with Crippen LogP contribution in [0, 0.1) is 0 Å². The number of benzene rings is 2. The molecule has 1 aliphatic rings. The van der Waals surface area contributed by atoms with Gasteiger partial charge in [0.15, 0.2) is 4.91 Å². The predicted octanol–water partition coefficient (Wildman–Crippen LogP) is 1.36. The van der Waals surface area contributed by atoms with Gasteiger partial charge in [-0.25, -0.2) is 8.42 Å². The molecule has 7 heteroatoms. The SMILES string of the molecule is O=C(Nc1ccccc1)C1=C(NCCO)c2ccccc2S1(=O)=O. The van der Waals surface area contributed by atoms with Crippen molar-refractivity contribution in [3.63, 3.8) is 0 Å². The van der Waals surface area contributed by atoms with Crippen molar-refractivity contribution in [2.24, 2.45) is 0 Å². The summed E-state index contributed by atoms with van der Waals surface area (Å²) in [5, 5.41) is 14.5. The second-order valence-corrected chi connectivity index (χ2v) is 7.03. The van der Waals surface area contributed by atoms with Crippen molar-refractivity contribution in [2.45, 2.75) is 4.90 Å². The molecule has 1 aliphatic heterocycles. The molecule has 0 saturated carbocycles. The van der Waals surface area contributed by atoms with E-state index in [4.69, 9.17) is 5.11 Å². The van der Waals surface area contributed by atoms with Gasteiger partial charge in [0.05, 0.1) is 17.2 Å². The number of hydrogen-bond donors (Lipinski definition) is 3. The number of sulfone groups is 1. The molecule has 124 valence electrons. The summed E-state index contributed by atoms with van der Waals surface area (Å²) >= 11 is 0. The molecule has 3 rings (SSSR count). The molecular formula is C17H16N2O4S. The number of rotatable bonds is 5.